The smallest absolute Gasteiger partial charge is 0.349 e. The van der Waals surface area contributed by atoms with E-state index in [-0.39, 0.29) is 22.1 Å². The van der Waals surface area contributed by atoms with Crippen molar-refractivity contribution in [3.05, 3.63) is 40.6 Å². The molecule has 1 atom stereocenters. The first kappa shape index (κ1) is 17.4. The summed E-state index contributed by atoms with van der Waals surface area (Å²) in [5, 5.41) is 4.24. The maximum Gasteiger partial charge on any atom is 0.349 e. The highest BCUT2D eigenvalue weighted by molar-refractivity contribution is 7.93. The lowest BCUT2D eigenvalue weighted by atomic mass is 10.2. The molecule has 0 spiro atoms. The molecule has 1 N–H and O–H groups in total. The van der Waals surface area contributed by atoms with Gasteiger partial charge in [0.2, 0.25) is 5.91 Å². The van der Waals surface area contributed by atoms with Crippen LogP contribution in [0.4, 0.5) is 11.4 Å². The lowest BCUT2D eigenvalue weighted by molar-refractivity contribution is -0.116. The number of ether oxygens (including phenoxy) is 1. The van der Waals surface area contributed by atoms with E-state index in [9.17, 15) is 18.0 Å². The quantitative estimate of drug-likeness (QED) is 0.826. The van der Waals surface area contributed by atoms with Crippen molar-refractivity contribution in [3.8, 4) is 0 Å². The molecule has 0 saturated heterocycles. The predicted octanol–water partition coefficient (Wildman–Crippen LogP) is 2.46. The number of amides is 1. The van der Waals surface area contributed by atoms with Crippen LogP contribution in [0.2, 0.25) is 0 Å². The second-order valence-electron chi connectivity index (χ2n) is 5.52. The van der Waals surface area contributed by atoms with Crippen LogP contribution in [0, 0.1) is 0 Å². The Morgan fingerprint density at radius 3 is 2.76 bits per heavy atom. The van der Waals surface area contributed by atoms with Gasteiger partial charge in [-0.05, 0) is 30.5 Å². The van der Waals surface area contributed by atoms with Gasteiger partial charge in [0, 0.05) is 6.42 Å². The molecule has 0 bridgehead atoms. The van der Waals surface area contributed by atoms with Crippen molar-refractivity contribution in [1.82, 2.24) is 0 Å². The second kappa shape index (κ2) is 6.49. The molecule has 0 fully saturated rings. The number of hydrogen-bond acceptors (Lipinski definition) is 6. The third kappa shape index (κ3) is 3.00. The Morgan fingerprint density at radius 2 is 2.04 bits per heavy atom. The summed E-state index contributed by atoms with van der Waals surface area (Å²) in [6.07, 6.45) is 0.00556. The number of anilines is 2. The Morgan fingerprint density at radius 1 is 1.32 bits per heavy atom. The van der Waals surface area contributed by atoms with Crippen molar-refractivity contribution < 1.29 is 22.7 Å². The van der Waals surface area contributed by atoms with Crippen LogP contribution in [0.3, 0.4) is 0 Å². The van der Waals surface area contributed by atoms with Crippen molar-refractivity contribution in [3.63, 3.8) is 0 Å². The van der Waals surface area contributed by atoms with Crippen molar-refractivity contribution in [2.75, 3.05) is 16.7 Å². The summed E-state index contributed by atoms with van der Waals surface area (Å²) in [5.41, 5.74) is 0.776. The third-order valence-electron chi connectivity index (χ3n) is 3.83. The maximum atomic E-state index is 13.3. The van der Waals surface area contributed by atoms with Gasteiger partial charge in [-0.25, -0.2) is 13.2 Å². The minimum absolute atomic E-state index is 0.00556. The van der Waals surface area contributed by atoms with Crippen molar-refractivity contribution in [2.45, 2.75) is 24.3 Å². The molecular formula is C16H16N2O5S2. The average Bonchev–Trinajstić information content (AvgIpc) is 3.01. The summed E-state index contributed by atoms with van der Waals surface area (Å²) in [4.78, 5) is 23.8. The average molecular weight is 380 g/mol. The standard InChI is InChI=1S/C16H16N2O5S2/c1-10-9-14(19)17-11-5-3-4-6-12(11)18(10)25(21,22)13-7-8-24-15(13)16(20)23-2/h3-8,10H,9H2,1-2H3,(H,17,19)/t10-/m1/s1. The summed E-state index contributed by atoms with van der Waals surface area (Å²) in [7, 11) is -2.86. The van der Waals surface area contributed by atoms with E-state index in [1.807, 2.05) is 0 Å². The van der Waals surface area contributed by atoms with E-state index in [0.717, 1.165) is 11.3 Å². The minimum atomic E-state index is -4.06. The summed E-state index contributed by atoms with van der Waals surface area (Å²) in [6, 6.07) is 7.44. The van der Waals surface area contributed by atoms with Crippen LogP contribution in [-0.2, 0) is 19.6 Å². The van der Waals surface area contributed by atoms with Gasteiger partial charge >= 0.3 is 5.97 Å². The highest BCUT2D eigenvalue weighted by Crippen LogP contribution is 2.37. The zero-order valence-electron chi connectivity index (χ0n) is 13.6. The molecule has 25 heavy (non-hydrogen) atoms. The molecule has 1 aromatic carbocycles. The zero-order valence-corrected chi connectivity index (χ0v) is 15.2. The number of hydrogen-bond donors (Lipinski definition) is 1. The summed E-state index contributed by atoms with van der Waals surface area (Å²) in [6.45, 7) is 1.66. The molecule has 9 heteroatoms. The van der Waals surface area contributed by atoms with Gasteiger partial charge in [0.25, 0.3) is 10.0 Å². The van der Waals surface area contributed by atoms with Gasteiger partial charge in [0.15, 0.2) is 0 Å². The number of nitrogens with one attached hydrogen (secondary N) is 1. The Labute approximate surface area is 149 Å². The Bertz CT molecular complexity index is 936. The number of rotatable bonds is 3. The monoisotopic (exact) mass is 380 g/mol. The summed E-state index contributed by atoms with van der Waals surface area (Å²) < 4.78 is 32.5. The first-order valence-electron chi connectivity index (χ1n) is 7.45. The van der Waals surface area contributed by atoms with E-state index in [2.05, 4.69) is 10.1 Å². The number of esters is 1. The van der Waals surface area contributed by atoms with Gasteiger partial charge < -0.3 is 10.1 Å². The first-order chi connectivity index (χ1) is 11.9. The predicted molar refractivity (Wildman–Crippen MR) is 94.5 cm³/mol. The molecule has 1 aromatic heterocycles. The van der Waals surface area contributed by atoms with Gasteiger partial charge in [-0.1, -0.05) is 12.1 Å². The van der Waals surface area contributed by atoms with Gasteiger partial charge in [0.05, 0.1) is 24.5 Å². The van der Waals surface area contributed by atoms with Crippen molar-refractivity contribution in [2.24, 2.45) is 0 Å². The molecule has 2 aromatic rings. The maximum absolute atomic E-state index is 13.3. The van der Waals surface area contributed by atoms with Gasteiger partial charge in [-0.2, -0.15) is 0 Å². The highest BCUT2D eigenvalue weighted by Gasteiger charge is 2.37. The van der Waals surface area contributed by atoms with Crippen LogP contribution >= 0.6 is 11.3 Å². The SMILES string of the molecule is COC(=O)c1sccc1S(=O)(=O)N1c2ccccc2NC(=O)C[C@H]1C. The molecule has 0 radical (unpaired) electrons. The normalized spacial score (nSPS) is 17.4. The molecule has 0 aliphatic carbocycles. The van der Waals surface area contributed by atoms with E-state index in [0.29, 0.717) is 11.4 Å². The topological polar surface area (TPSA) is 92.8 Å². The molecule has 132 valence electrons. The molecule has 3 rings (SSSR count). The number of fused-ring (bicyclic) bond motifs is 1. The largest absolute Gasteiger partial charge is 0.465 e. The molecule has 1 amide bonds. The first-order valence-corrected chi connectivity index (χ1v) is 9.77. The number of thiophene rings is 1. The molecular weight excluding hydrogens is 364 g/mol. The van der Waals surface area contributed by atoms with Crippen LogP contribution in [-0.4, -0.2) is 33.4 Å². The number of benzene rings is 1. The molecule has 7 nitrogen and oxygen atoms in total. The van der Waals surface area contributed by atoms with Crippen LogP contribution in [0.1, 0.15) is 23.0 Å². The zero-order chi connectivity index (χ0) is 18.2. The Kier molecular flexibility index (Phi) is 4.53. The van der Waals surface area contributed by atoms with Gasteiger partial charge in [0.1, 0.15) is 9.77 Å². The summed E-state index contributed by atoms with van der Waals surface area (Å²) >= 11 is 0.998. The molecule has 0 saturated carbocycles. The number of para-hydroxylation sites is 2. The van der Waals surface area contributed by atoms with E-state index in [1.165, 1.54) is 22.9 Å². The van der Waals surface area contributed by atoms with Crippen molar-refractivity contribution >= 4 is 44.6 Å². The third-order valence-corrected chi connectivity index (χ3v) is 6.83. The van der Waals surface area contributed by atoms with Crippen LogP contribution in [0.25, 0.3) is 0 Å². The van der Waals surface area contributed by atoms with Gasteiger partial charge in [-0.3, -0.25) is 9.10 Å². The molecule has 0 unspecified atom stereocenters. The lowest BCUT2D eigenvalue weighted by Gasteiger charge is -2.29. The number of methoxy groups -OCH3 is 1. The van der Waals surface area contributed by atoms with Crippen LogP contribution < -0.4 is 9.62 Å². The van der Waals surface area contributed by atoms with Crippen molar-refractivity contribution in [1.29, 1.82) is 0 Å². The number of nitrogens with zero attached hydrogens (tertiary/aromatic N) is 1. The molecule has 1 aliphatic rings. The number of sulfonamides is 1. The Balaban J connectivity index is 2.18. The molecule has 2 heterocycles. The van der Waals surface area contributed by atoms with Crippen LogP contribution in [0.5, 0.6) is 0 Å². The molecule has 1 aliphatic heterocycles. The van der Waals surface area contributed by atoms with Crippen LogP contribution in [0.15, 0.2) is 40.6 Å². The lowest BCUT2D eigenvalue weighted by Crippen LogP contribution is -2.39. The fourth-order valence-corrected chi connectivity index (χ4v) is 5.76. The van der Waals surface area contributed by atoms with E-state index in [4.69, 9.17) is 0 Å². The second-order valence-corrected chi connectivity index (χ2v) is 8.22. The van der Waals surface area contributed by atoms with E-state index < -0.39 is 22.0 Å². The Hall–Kier alpha value is -2.39. The number of carbonyl (C=O) groups is 2. The fourth-order valence-electron chi connectivity index (χ4n) is 2.78. The highest BCUT2D eigenvalue weighted by atomic mass is 32.2. The summed E-state index contributed by atoms with van der Waals surface area (Å²) in [5.74, 6) is -0.977. The van der Waals surface area contributed by atoms with E-state index >= 15 is 0 Å². The number of carbonyl (C=O) groups excluding carboxylic acids is 2. The fraction of sp³-hybridized carbons (Fsp3) is 0.250. The van der Waals surface area contributed by atoms with E-state index in [1.54, 1.807) is 31.2 Å². The van der Waals surface area contributed by atoms with Gasteiger partial charge in [-0.15, -0.1) is 11.3 Å². The minimum Gasteiger partial charge on any atom is -0.465 e.